The molecular weight excluding hydrogens is 346 g/mol. The van der Waals surface area contributed by atoms with E-state index in [4.69, 9.17) is 0 Å². The quantitative estimate of drug-likeness (QED) is 0.570. The summed E-state index contributed by atoms with van der Waals surface area (Å²) in [6, 6.07) is 12.4. The molecule has 0 aliphatic heterocycles. The molecule has 1 unspecified atom stereocenters. The summed E-state index contributed by atoms with van der Waals surface area (Å²) < 4.78 is 2.02. The summed E-state index contributed by atoms with van der Waals surface area (Å²) in [5.41, 5.74) is 7.80. The number of hydrogen-bond acceptors (Lipinski definition) is 3. The van der Waals surface area contributed by atoms with Gasteiger partial charge >= 0.3 is 0 Å². The number of nitrogens with zero attached hydrogens (tertiary/aromatic N) is 3. The number of Topliss-reactive ketones (excluding diaryl/α,β-unsaturated/α-hetero) is 1. The number of rotatable bonds is 7. The average molecular weight is 376 g/mol. The van der Waals surface area contributed by atoms with Crippen LogP contribution in [0.3, 0.4) is 0 Å². The molecule has 2 aromatic heterocycles. The van der Waals surface area contributed by atoms with Crippen molar-refractivity contribution in [3.05, 3.63) is 70.8 Å². The molecular formula is C24H29N3O. The minimum Gasteiger partial charge on any atom is -0.299 e. The van der Waals surface area contributed by atoms with Crippen LogP contribution in [-0.2, 0) is 17.8 Å². The number of benzene rings is 1. The summed E-state index contributed by atoms with van der Waals surface area (Å²) in [4.78, 5) is 16.9. The lowest BCUT2D eigenvalue weighted by atomic mass is 9.92. The molecule has 0 aliphatic rings. The van der Waals surface area contributed by atoms with E-state index in [2.05, 4.69) is 61.2 Å². The first-order chi connectivity index (χ1) is 13.4. The number of carbonyl (C=O) groups is 1. The Hall–Kier alpha value is -2.75. The van der Waals surface area contributed by atoms with E-state index < -0.39 is 0 Å². The van der Waals surface area contributed by atoms with Gasteiger partial charge in [0, 0.05) is 37.0 Å². The van der Waals surface area contributed by atoms with E-state index in [1.807, 2.05) is 30.8 Å². The number of hydrogen-bond donors (Lipinski definition) is 0. The number of carbonyl (C=O) groups excluding carboxylic acids is 1. The Morgan fingerprint density at radius 2 is 1.79 bits per heavy atom. The third-order valence-corrected chi connectivity index (χ3v) is 5.35. The lowest BCUT2D eigenvalue weighted by molar-refractivity contribution is -0.118. The van der Waals surface area contributed by atoms with Crippen molar-refractivity contribution >= 4 is 5.78 Å². The predicted octanol–water partition coefficient (Wildman–Crippen LogP) is 5.20. The monoisotopic (exact) mass is 375 g/mol. The van der Waals surface area contributed by atoms with Gasteiger partial charge in [-0.05, 0) is 68.0 Å². The largest absolute Gasteiger partial charge is 0.299 e. The summed E-state index contributed by atoms with van der Waals surface area (Å²) >= 11 is 0. The SMILES string of the molecule is CCn1nc(C)c(C(C)CC(=O)Cc2ccc(-c3ccnc(C)c3)cc2)c1C. The zero-order valence-corrected chi connectivity index (χ0v) is 17.5. The summed E-state index contributed by atoms with van der Waals surface area (Å²) in [6.45, 7) is 11.2. The Morgan fingerprint density at radius 1 is 1.07 bits per heavy atom. The van der Waals surface area contributed by atoms with Crippen molar-refractivity contribution in [2.75, 3.05) is 0 Å². The molecule has 4 heteroatoms. The summed E-state index contributed by atoms with van der Waals surface area (Å²) in [5, 5.41) is 4.59. The number of aryl methyl sites for hydroxylation is 3. The Kier molecular flexibility index (Phi) is 6.08. The van der Waals surface area contributed by atoms with Crippen molar-refractivity contribution < 1.29 is 4.79 Å². The maximum Gasteiger partial charge on any atom is 0.137 e. The summed E-state index contributed by atoms with van der Waals surface area (Å²) in [6.07, 6.45) is 2.84. The molecule has 0 amide bonds. The molecule has 0 saturated heterocycles. The molecule has 0 aliphatic carbocycles. The summed E-state index contributed by atoms with van der Waals surface area (Å²) in [5.74, 6) is 0.454. The van der Waals surface area contributed by atoms with E-state index in [0.717, 1.165) is 34.6 Å². The molecule has 1 aromatic carbocycles. The number of aromatic nitrogens is 3. The highest BCUT2D eigenvalue weighted by Crippen LogP contribution is 2.27. The first-order valence-electron chi connectivity index (χ1n) is 9.96. The van der Waals surface area contributed by atoms with Crippen LogP contribution in [0.1, 0.15) is 54.4 Å². The molecule has 146 valence electrons. The minimum atomic E-state index is 0.187. The standard InChI is InChI=1S/C24H29N3O/c1-6-27-19(5)24(18(4)26-27)16(2)13-23(28)15-20-7-9-21(10-8-20)22-11-12-25-17(3)14-22/h7-12,14,16H,6,13,15H2,1-5H3. The molecule has 28 heavy (non-hydrogen) atoms. The molecule has 0 spiro atoms. The van der Waals surface area contributed by atoms with Crippen molar-refractivity contribution in [3.8, 4) is 11.1 Å². The van der Waals surface area contributed by atoms with Crippen molar-refractivity contribution in [2.45, 2.75) is 59.9 Å². The maximum atomic E-state index is 12.7. The van der Waals surface area contributed by atoms with Crippen LogP contribution in [0.25, 0.3) is 11.1 Å². The van der Waals surface area contributed by atoms with Crippen LogP contribution in [0.2, 0.25) is 0 Å². The molecule has 0 radical (unpaired) electrons. The first kappa shape index (κ1) is 20.0. The topological polar surface area (TPSA) is 47.8 Å². The van der Waals surface area contributed by atoms with E-state index >= 15 is 0 Å². The third kappa shape index (κ3) is 4.38. The highest BCUT2D eigenvalue weighted by atomic mass is 16.1. The molecule has 3 aromatic rings. The van der Waals surface area contributed by atoms with Gasteiger partial charge in [0.25, 0.3) is 0 Å². The molecule has 0 bridgehead atoms. The molecule has 0 N–H and O–H groups in total. The van der Waals surface area contributed by atoms with Gasteiger partial charge in [-0.25, -0.2) is 0 Å². The Labute approximate surface area is 167 Å². The molecule has 0 saturated carbocycles. The van der Waals surface area contributed by atoms with Crippen LogP contribution >= 0.6 is 0 Å². The van der Waals surface area contributed by atoms with E-state index in [0.29, 0.717) is 12.8 Å². The van der Waals surface area contributed by atoms with Crippen LogP contribution in [0.5, 0.6) is 0 Å². The van der Waals surface area contributed by atoms with E-state index in [1.54, 1.807) is 0 Å². The van der Waals surface area contributed by atoms with Crippen LogP contribution in [-0.4, -0.2) is 20.5 Å². The molecule has 4 nitrogen and oxygen atoms in total. The number of pyridine rings is 1. The van der Waals surface area contributed by atoms with Crippen LogP contribution < -0.4 is 0 Å². The first-order valence-corrected chi connectivity index (χ1v) is 9.96. The third-order valence-electron chi connectivity index (χ3n) is 5.35. The maximum absolute atomic E-state index is 12.7. The molecule has 1 atom stereocenters. The van der Waals surface area contributed by atoms with Crippen molar-refractivity contribution in [1.29, 1.82) is 0 Å². The smallest absolute Gasteiger partial charge is 0.137 e. The average Bonchev–Trinajstić information content (AvgIpc) is 2.95. The van der Waals surface area contributed by atoms with Gasteiger partial charge in [0.05, 0.1) is 5.69 Å². The van der Waals surface area contributed by atoms with Gasteiger partial charge < -0.3 is 0 Å². The highest BCUT2D eigenvalue weighted by Gasteiger charge is 2.19. The Balaban J connectivity index is 1.66. The van der Waals surface area contributed by atoms with Gasteiger partial charge in [-0.15, -0.1) is 0 Å². The highest BCUT2D eigenvalue weighted by molar-refractivity contribution is 5.82. The molecule has 2 heterocycles. The van der Waals surface area contributed by atoms with Crippen molar-refractivity contribution in [1.82, 2.24) is 14.8 Å². The van der Waals surface area contributed by atoms with Crippen molar-refractivity contribution in [2.24, 2.45) is 0 Å². The second kappa shape index (κ2) is 8.51. The fourth-order valence-corrected chi connectivity index (χ4v) is 4.02. The van der Waals surface area contributed by atoms with Gasteiger partial charge in [-0.1, -0.05) is 31.2 Å². The molecule has 3 rings (SSSR count). The van der Waals surface area contributed by atoms with Gasteiger partial charge in [0.1, 0.15) is 5.78 Å². The van der Waals surface area contributed by atoms with Crippen LogP contribution in [0.4, 0.5) is 0 Å². The number of ketones is 1. The van der Waals surface area contributed by atoms with E-state index in [9.17, 15) is 4.79 Å². The van der Waals surface area contributed by atoms with Gasteiger partial charge in [0.2, 0.25) is 0 Å². The fourth-order valence-electron chi connectivity index (χ4n) is 4.02. The van der Waals surface area contributed by atoms with Gasteiger partial charge in [0.15, 0.2) is 0 Å². The zero-order chi connectivity index (χ0) is 20.3. The van der Waals surface area contributed by atoms with E-state index in [1.165, 1.54) is 11.3 Å². The Morgan fingerprint density at radius 3 is 2.39 bits per heavy atom. The second-order valence-corrected chi connectivity index (χ2v) is 7.60. The molecule has 0 fully saturated rings. The van der Waals surface area contributed by atoms with E-state index in [-0.39, 0.29) is 11.7 Å². The second-order valence-electron chi connectivity index (χ2n) is 7.60. The summed E-state index contributed by atoms with van der Waals surface area (Å²) in [7, 11) is 0. The Bertz CT molecular complexity index is 970. The predicted molar refractivity (Wildman–Crippen MR) is 114 cm³/mol. The lowest BCUT2D eigenvalue weighted by Gasteiger charge is -2.12. The minimum absolute atomic E-state index is 0.187. The normalized spacial score (nSPS) is 12.2. The van der Waals surface area contributed by atoms with Crippen LogP contribution in [0, 0.1) is 20.8 Å². The fraction of sp³-hybridized carbons (Fsp3) is 0.375. The van der Waals surface area contributed by atoms with Crippen LogP contribution in [0.15, 0.2) is 42.6 Å². The zero-order valence-electron chi connectivity index (χ0n) is 17.5. The van der Waals surface area contributed by atoms with Gasteiger partial charge in [-0.2, -0.15) is 5.10 Å². The van der Waals surface area contributed by atoms with Crippen molar-refractivity contribution in [3.63, 3.8) is 0 Å². The lowest BCUT2D eigenvalue weighted by Crippen LogP contribution is -2.09. The van der Waals surface area contributed by atoms with Gasteiger partial charge in [-0.3, -0.25) is 14.5 Å².